The summed E-state index contributed by atoms with van der Waals surface area (Å²) in [6.07, 6.45) is 0. The second-order valence-electron chi connectivity index (χ2n) is 4.12. The Bertz CT molecular complexity index is 734. The van der Waals surface area contributed by atoms with Crippen LogP contribution in [0.4, 0.5) is 15.9 Å². The first-order valence-electron chi connectivity index (χ1n) is 5.83. The number of anilines is 2. The lowest BCUT2D eigenvalue weighted by Crippen LogP contribution is -2.10. The van der Waals surface area contributed by atoms with Crippen LogP contribution in [0.3, 0.4) is 0 Å². The van der Waals surface area contributed by atoms with Gasteiger partial charge >= 0.3 is 0 Å². The van der Waals surface area contributed by atoms with E-state index in [0.717, 1.165) is 0 Å². The van der Waals surface area contributed by atoms with Crippen molar-refractivity contribution in [3.8, 4) is 0 Å². The number of aromatic nitrogens is 2. The number of halogens is 2. The summed E-state index contributed by atoms with van der Waals surface area (Å²) in [5.41, 5.74) is 6.45. The van der Waals surface area contributed by atoms with Gasteiger partial charge in [0.2, 0.25) is 0 Å². The zero-order chi connectivity index (χ0) is 15.4. The molecule has 0 saturated carbocycles. The largest absolute Gasteiger partial charge is 0.383 e. The Morgan fingerprint density at radius 1 is 1.52 bits per heavy atom. The Labute approximate surface area is 129 Å². The molecule has 5 nitrogen and oxygen atoms in total. The van der Waals surface area contributed by atoms with Gasteiger partial charge in [0.25, 0.3) is 5.56 Å². The van der Waals surface area contributed by atoms with E-state index in [1.165, 1.54) is 30.0 Å². The van der Waals surface area contributed by atoms with Gasteiger partial charge in [-0.2, -0.15) is 0 Å². The molecule has 0 fully saturated rings. The molecule has 1 aromatic heterocycles. The van der Waals surface area contributed by atoms with Gasteiger partial charge in [-0.05, 0) is 18.2 Å². The van der Waals surface area contributed by atoms with E-state index in [9.17, 15) is 9.18 Å². The third kappa shape index (κ3) is 4.51. The van der Waals surface area contributed by atoms with E-state index in [2.05, 4.69) is 21.9 Å². The van der Waals surface area contributed by atoms with E-state index >= 15 is 0 Å². The Balaban J connectivity index is 1.95. The number of nitrogen functional groups attached to an aromatic ring is 1. The highest BCUT2D eigenvalue weighted by molar-refractivity contribution is 7.99. The predicted molar refractivity (Wildman–Crippen MR) is 84.2 cm³/mol. The minimum absolute atomic E-state index is 0.0299. The number of nitrogens with one attached hydrogen (secondary N) is 2. The van der Waals surface area contributed by atoms with E-state index in [1.807, 2.05) is 0 Å². The average Bonchev–Trinajstić information content (AvgIpc) is 2.40. The Kier molecular flexibility index (Phi) is 4.87. The maximum atomic E-state index is 13.0. The van der Waals surface area contributed by atoms with Crippen molar-refractivity contribution in [2.24, 2.45) is 0 Å². The van der Waals surface area contributed by atoms with E-state index in [4.69, 9.17) is 17.3 Å². The van der Waals surface area contributed by atoms with Crippen molar-refractivity contribution in [3.05, 3.63) is 57.7 Å². The average molecular weight is 327 g/mol. The summed E-state index contributed by atoms with van der Waals surface area (Å²) in [5.74, 6) is 0.121. The number of nitrogens with two attached hydrogens (primary N) is 1. The van der Waals surface area contributed by atoms with Crippen molar-refractivity contribution in [3.63, 3.8) is 0 Å². The molecular formula is C13H12ClFN4OS. The first kappa shape index (κ1) is 15.4. The number of rotatable bonds is 5. The highest BCUT2D eigenvalue weighted by atomic mass is 35.5. The van der Waals surface area contributed by atoms with E-state index in [0.29, 0.717) is 22.3 Å². The van der Waals surface area contributed by atoms with Crippen LogP contribution in [-0.4, -0.2) is 15.7 Å². The monoisotopic (exact) mass is 326 g/mol. The normalized spacial score (nSPS) is 10.4. The molecule has 0 bridgehead atoms. The Hall–Kier alpha value is -1.99. The third-order valence-electron chi connectivity index (χ3n) is 2.36. The SMILES string of the molecule is C=C(CSc1nc(N)cc(=O)[nH]1)Nc1ccc(F)c(Cl)c1. The maximum absolute atomic E-state index is 13.0. The lowest BCUT2D eigenvalue weighted by molar-refractivity contribution is 0.628. The van der Waals surface area contributed by atoms with Crippen molar-refractivity contribution in [2.75, 3.05) is 16.8 Å². The fraction of sp³-hybridized carbons (Fsp3) is 0.0769. The molecule has 0 atom stereocenters. The number of benzene rings is 1. The van der Waals surface area contributed by atoms with Crippen LogP contribution in [0.15, 0.2) is 46.5 Å². The highest BCUT2D eigenvalue weighted by Crippen LogP contribution is 2.22. The molecule has 0 radical (unpaired) electrons. The molecule has 110 valence electrons. The van der Waals surface area contributed by atoms with Crippen LogP contribution in [0.25, 0.3) is 0 Å². The summed E-state index contributed by atoms with van der Waals surface area (Å²) in [5, 5.41) is 3.42. The van der Waals surface area contributed by atoms with Gasteiger partial charge in [0.15, 0.2) is 5.16 Å². The standard InChI is InChI=1S/C13H12ClFN4OS/c1-7(17-8-2-3-10(15)9(14)4-8)6-21-13-18-11(16)5-12(20)19-13/h2-5,17H,1,6H2,(H3,16,18,19,20). The summed E-state index contributed by atoms with van der Waals surface area (Å²) in [4.78, 5) is 17.8. The molecule has 0 aliphatic rings. The quantitative estimate of drug-likeness (QED) is 0.581. The van der Waals surface area contributed by atoms with Gasteiger partial charge in [-0.3, -0.25) is 4.79 Å². The minimum Gasteiger partial charge on any atom is -0.383 e. The molecule has 0 saturated heterocycles. The summed E-state index contributed by atoms with van der Waals surface area (Å²) in [7, 11) is 0. The fourth-order valence-electron chi connectivity index (χ4n) is 1.49. The number of hydrogen-bond donors (Lipinski definition) is 3. The number of nitrogens with zero attached hydrogens (tertiary/aromatic N) is 1. The van der Waals surface area contributed by atoms with Gasteiger partial charge in [0.1, 0.15) is 11.6 Å². The van der Waals surface area contributed by atoms with Crippen molar-refractivity contribution in [2.45, 2.75) is 5.16 Å². The summed E-state index contributed by atoms with van der Waals surface area (Å²) in [6, 6.07) is 5.49. The van der Waals surface area contributed by atoms with E-state index < -0.39 is 5.82 Å². The Morgan fingerprint density at radius 2 is 2.29 bits per heavy atom. The second kappa shape index (κ2) is 6.64. The van der Waals surface area contributed by atoms with Crippen LogP contribution < -0.4 is 16.6 Å². The number of H-pyrrole nitrogens is 1. The van der Waals surface area contributed by atoms with Crippen molar-refractivity contribution in [1.29, 1.82) is 0 Å². The molecule has 8 heteroatoms. The number of hydrogen-bond acceptors (Lipinski definition) is 5. The molecule has 0 aliphatic heterocycles. The maximum Gasteiger partial charge on any atom is 0.253 e. The van der Waals surface area contributed by atoms with Crippen LogP contribution in [0, 0.1) is 5.82 Å². The van der Waals surface area contributed by atoms with Crippen molar-refractivity contribution >= 4 is 34.9 Å². The van der Waals surface area contributed by atoms with Gasteiger partial charge < -0.3 is 16.0 Å². The molecule has 21 heavy (non-hydrogen) atoms. The summed E-state index contributed by atoms with van der Waals surface area (Å²) in [6.45, 7) is 3.84. The van der Waals surface area contributed by atoms with Gasteiger partial charge in [-0.25, -0.2) is 9.37 Å². The van der Waals surface area contributed by atoms with Crippen molar-refractivity contribution < 1.29 is 4.39 Å². The summed E-state index contributed by atoms with van der Waals surface area (Å²) >= 11 is 6.96. The van der Waals surface area contributed by atoms with Gasteiger partial charge in [-0.1, -0.05) is 29.9 Å². The molecular weight excluding hydrogens is 315 g/mol. The molecule has 2 rings (SSSR count). The molecule has 0 aliphatic carbocycles. The number of aromatic amines is 1. The molecule has 1 heterocycles. The van der Waals surface area contributed by atoms with Crippen LogP contribution >= 0.6 is 23.4 Å². The van der Waals surface area contributed by atoms with Crippen molar-refractivity contribution in [1.82, 2.24) is 9.97 Å². The van der Waals surface area contributed by atoms with Gasteiger partial charge in [0, 0.05) is 23.2 Å². The topological polar surface area (TPSA) is 83.8 Å². The van der Waals surface area contributed by atoms with Gasteiger partial charge in [-0.15, -0.1) is 0 Å². The van der Waals surface area contributed by atoms with Crippen LogP contribution in [0.5, 0.6) is 0 Å². The molecule has 2 aromatic rings. The first-order chi connectivity index (χ1) is 9.94. The Morgan fingerprint density at radius 3 is 2.95 bits per heavy atom. The zero-order valence-corrected chi connectivity index (χ0v) is 12.4. The molecule has 0 unspecified atom stereocenters. The zero-order valence-electron chi connectivity index (χ0n) is 10.8. The van der Waals surface area contributed by atoms with Crippen LogP contribution in [-0.2, 0) is 0 Å². The molecule has 0 spiro atoms. The van der Waals surface area contributed by atoms with Crippen LogP contribution in [0.2, 0.25) is 5.02 Å². The molecule has 0 amide bonds. The van der Waals surface area contributed by atoms with Crippen LogP contribution in [0.1, 0.15) is 0 Å². The number of thioether (sulfide) groups is 1. The minimum atomic E-state index is -0.483. The fourth-order valence-corrected chi connectivity index (χ4v) is 2.40. The molecule has 1 aromatic carbocycles. The highest BCUT2D eigenvalue weighted by Gasteiger charge is 2.04. The first-order valence-corrected chi connectivity index (χ1v) is 7.20. The lowest BCUT2D eigenvalue weighted by atomic mass is 10.3. The van der Waals surface area contributed by atoms with E-state index in [1.54, 1.807) is 6.07 Å². The third-order valence-corrected chi connectivity index (χ3v) is 3.61. The predicted octanol–water partition coefficient (Wildman–Crippen LogP) is 2.86. The van der Waals surface area contributed by atoms with Gasteiger partial charge in [0.05, 0.1) is 5.02 Å². The lowest BCUT2D eigenvalue weighted by Gasteiger charge is -2.09. The summed E-state index contributed by atoms with van der Waals surface area (Å²) < 4.78 is 13.0. The van der Waals surface area contributed by atoms with E-state index in [-0.39, 0.29) is 16.4 Å². The smallest absolute Gasteiger partial charge is 0.253 e. The second-order valence-corrected chi connectivity index (χ2v) is 5.49. The molecule has 4 N–H and O–H groups in total.